The fourth-order valence-corrected chi connectivity index (χ4v) is 2.34. The Morgan fingerprint density at radius 1 is 1.21 bits per heavy atom. The van der Waals surface area contributed by atoms with Crippen molar-refractivity contribution in [2.45, 2.75) is 19.3 Å². The quantitative estimate of drug-likeness (QED) is 0.619. The van der Waals surface area contributed by atoms with Crippen LogP contribution in [0.4, 0.5) is 0 Å². The molecule has 1 aromatic rings. The van der Waals surface area contributed by atoms with Crippen LogP contribution in [0, 0.1) is 11.8 Å². The maximum atomic E-state index is 5.79. The molecule has 1 aliphatic rings. The van der Waals surface area contributed by atoms with E-state index in [-0.39, 0.29) is 0 Å². The first-order valence-corrected chi connectivity index (χ1v) is 7.42. The molecule has 0 bridgehead atoms. The van der Waals surface area contributed by atoms with Crippen molar-refractivity contribution >= 4 is 11.6 Å². The summed E-state index contributed by atoms with van der Waals surface area (Å²) in [5.41, 5.74) is 0.955. The molecule has 2 nitrogen and oxygen atoms in total. The Morgan fingerprint density at radius 3 is 2.84 bits per heavy atom. The average molecular weight is 278 g/mol. The smallest absolute Gasteiger partial charge is 0.120 e. The Morgan fingerprint density at radius 2 is 2.05 bits per heavy atom. The minimum atomic E-state index is 0.361. The number of rotatable bonds is 4. The van der Waals surface area contributed by atoms with Gasteiger partial charge in [-0.2, -0.15) is 0 Å². The Hall–Kier alpha value is -1.17. The maximum absolute atomic E-state index is 5.79. The van der Waals surface area contributed by atoms with Gasteiger partial charge in [0.25, 0.3) is 0 Å². The lowest BCUT2D eigenvalue weighted by molar-refractivity contribution is 0.183. The van der Waals surface area contributed by atoms with E-state index < -0.39 is 0 Å². The Balaban J connectivity index is 1.78. The molecule has 0 aliphatic carbocycles. The molecular formula is C16H20ClNO. The molecule has 3 heteroatoms. The SMILES string of the molecule is ClCC#Cc1cccc(OCCN2CCCCC2)c1. The first kappa shape index (κ1) is 14.2. The van der Waals surface area contributed by atoms with Crippen LogP contribution in [0.5, 0.6) is 5.75 Å². The van der Waals surface area contributed by atoms with Gasteiger partial charge in [0.05, 0.1) is 5.88 Å². The van der Waals surface area contributed by atoms with Crippen molar-refractivity contribution in [3.63, 3.8) is 0 Å². The zero-order chi connectivity index (χ0) is 13.3. The highest BCUT2D eigenvalue weighted by Crippen LogP contribution is 2.13. The summed E-state index contributed by atoms with van der Waals surface area (Å²) in [7, 11) is 0. The van der Waals surface area contributed by atoms with Crippen LogP contribution in [0.2, 0.25) is 0 Å². The molecule has 0 N–H and O–H groups in total. The number of nitrogens with zero attached hydrogens (tertiary/aromatic N) is 1. The Labute approximate surface area is 120 Å². The predicted molar refractivity (Wildman–Crippen MR) is 79.8 cm³/mol. The van der Waals surface area contributed by atoms with Crippen molar-refractivity contribution < 1.29 is 4.74 Å². The zero-order valence-electron chi connectivity index (χ0n) is 11.2. The van der Waals surface area contributed by atoms with Gasteiger partial charge in [0.2, 0.25) is 0 Å². The monoisotopic (exact) mass is 277 g/mol. The number of benzene rings is 1. The fourth-order valence-electron chi connectivity index (χ4n) is 2.27. The number of likely N-dealkylation sites (tertiary alicyclic amines) is 1. The molecule has 1 aromatic carbocycles. The molecule has 19 heavy (non-hydrogen) atoms. The van der Waals surface area contributed by atoms with Crippen LogP contribution in [0.15, 0.2) is 24.3 Å². The lowest BCUT2D eigenvalue weighted by Crippen LogP contribution is -2.33. The van der Waals surface area contributed by atoms with Crippen molar-refractivity contribution in [3.8, 4) is 17.6 Å². The molecule has 0 atom stereocenters. The van der Waals surface area contributed by atoms with Crippen LogP contribution in [-0.4, -0.2) is 37.0 Å². The molecule has 0 aromatic heterocycles. The molecule has 0 radical (unpaired) electrons. The molecule has 0 saturated carbocycles. The van der Waals surface area contributed by atoms with Crippen molar-refractivity contribution in [3.05, 3.63) is 29.8 Å². The summed E-state index contributed by atoms with van der Waals surface area (Å²) in [4.78, 5) is 2.47. The highest BCUT2D eigenvalue weighted by molar-refractivity contribution is 6.19. The van der Waals surface area contributed by atoms with Crippen LogP contribution in [0.3, 0.4) is 0 Å². The highest BCUT2D eigenvalue weighted by Gasteiger charge is 2.09. The minimum Gasteiger partial charge on any atom is -0.492 e. The minimum absolute atomic E-state index is 0.361. The van der Waals surface area contributed by atoms with Gasteiger partial charge in [-0.3, -0.25) is 4.90 Å². The van der Waals surface area contributed by atoms with Crippen LogP contribution < -0.4 is 4.74 Å². The van der Waals surface area contributed by atoms with Crippen LogP contribution in [0.25, 0.3) is 0 Å². The first-order valence-electron chi connectivity index (χ1n) is 6.88. The molecule has 1 aliphatic heterocycles. The molecule has 1 heterocycles. The molecule has 1 fully saturated rings. The lowest BCUT2D eigenvalue weighted by Gasteiger charge is -2.26. The average Bonchev–Trinajstić information content (AvgIpc) is 2.47. The summed E-state index contributed by atoms with van der Waals surface area (Å²) in [6.45, 7) is 4.18. The largest absolute Gasteiger partial charge is 0.492 e. The maximum Gasteiger partial charge on any atom is 0.120 e. The topological polar surface area (TPSA) is 12.5 Å². The van der Waals surface area contributed by atoms with E-state index in [0.29, 0.717) is 5.88 Å². The van der Waals surface area contributed by atoms with Gasteiger partial charge in [-0.25, -0.2) is 0 Å². The summed E-state index contributed by atoms with van der Waals surface area (Å²) in [5.74, 6) is 7.10. The van der Waals surface area contributed by atoms with E-state index in [1.807, 2.05) is 24.3 Å². The number of hydrogen-bond acceptors (Lipinski definition) is 2. The van der Waals surface area contributed by atoms with Gasteiger partial charge >= 0.3 is 0 Å². The standard InChI is InChI=1S/C16H20ClNO/c17-9-5-7-15-6-4-8-16(14-15)19-13-12-18-10-2-1-3-11-18/h4,6,8,14H,1-3,9-13H2. The third kappa shape index (κ3) is 5.14. The number of hydrogen-bond donors (Lipinski definition) is 0. The highest BCUT2D eigenvalue weighted by atomic mass is 35.5. The van der Waals surface area contributed by atoms with Crippen LogP contribution in [0.1, 0.15) is 24.8 Å². The van der Waals surface area contributed by atoms with Crippen LogP contribution in [-0.2, 0) is 0 Å². The van der Waals surface area contributed by atoms with E-state index in [1.54, 1.807) is 0 Å². The molecule has 0 amide bonds. The van der Waals surface area contributed by atoms with E-state index in [4.69, 9.17) is 16.3 Å². The summed E-state index contributed by atoms with van der Waals surface area (Å²) in [5, 5.41) is 0. The molecule has 1 saturated heterocycles. The molecule has 2 rings (SSSR count). The van der Waals surface area contributed by atoms with Crippen molar-refractivity contribution in [1.29, 1.82) is 0 Å². The second-order valence-electron chi connectivity index (χ2n) is 4.71. The molecule has 102 valence electrons. The summed E-state index contributed by atoms with van der Waals surface area (Å²) >= 11 is 5.55. The van der Waals surface area contributed by atoms with Gasteiger partial charge in [0, 0.05) is 12.1 Å². The van der Waals surface area contributed by atoms with Gasteiger partial charge in [-0.1, -0.05) is 24.3 Å². The Bertz CT molecular complexity index is 444. The molecule has 0 spiro atoms. The van der Waals surface area contributed by atoms with Gasteiger partial charge < -0.3 is 4.74 Å². The number of ether oxygens (including phenoxy) is 1. The van der Waals surface area contributed by atoms with Crippen molar-refractivity contribution in [1.82, 2.24) is 4.90 Å². The van der Waals surface area contributed by atoms with Crippen LogP contribution >= 0.6 is 11.6 Å². The van der Waals surface area contributed by atoms with Gasteiger partial charge in [-0.05, 0) is 44.1 Å². The van der Waals surface area contributed by atoms with Gasteiger partial charge in [0.1, 0.15) is 12.4 Å². The van der Waals surface area contributed by atoms with Crippen molar-refractivity contribution in [2.75, 3.05) is 32.1 Å². The zero-order valence-corrected chi connectivity index (χ0v) is 12.0. The summed E-state index contributed by atoms with van der Waals surface area (Å²) in [6.07, 6.45) is 4.02. The summed E-state index contributed by atoms with van der Waals surface area (Å²) in [6, 6.07) is 7.88. The van der Waals surface area contributed by atoms with Gasteiger partial charge in [0.15, 0.2) is 0 Å². The molecule has 0 unspecified atom stereocenters. The van der Waals surface area contributed by atoms with E-state index in [2.05, 4.69) is 16.7 Å². The lowest BCUT2D eigenvalue weighted by atomic mass is 10.1. The van der Waals surface area contributed by atoms with E-state index >= 15 is 0 Å². The fraction of sp³-hybridized carbons (Fsp3) is 0.500. The number of halogens is 1. The third-order valence-electron chi connectivity index (χ3n) is 3.26. The first-order chi connectivity index (χ1) is 9.38. The summed E-state index contributed by atoms with van der Waals surface area (Å²) < 4.78 is 5.79. The number of piperidine rings is 1. The third-order valence-corrected chi connectivity index (χ3v) is 3.39. The van der Waals surface area contributed by atoms with Crippen molar-refractivity contribution in [2.24, 2.45) is 0 Å². The Kier molecular flexibility index (Phi) is 6.07. The van der Waals surface area contributed by atoms with E-state index in [0.717, 1.165) is 24.5 Å². The predicted octanol–water partition coefficient (Wildman–Crippen LogP) is 3.14. The second kappa shape index (κ2) is 8.09. The number of alkyl halides is 1. The van der Waals surface area contributed by atoms with E-state index in [9.17, 15) is 0 Å². The van der Waals surface area contributed by atoms with Gasteiger partial charge in [-0.15, -0.1) is 11.6 Å². The molecular weight excluding hydrogens is 258 g/mol. The van der Waals surface area contributed by atoms with E-state index in [1.165, 1.54) is 32.4 Å². The second-order valence-corrected chi connectivity index (χ2v) is 4.98. The normalized spacial score (nSPS) is 15.6.